The smallest absolute Gasteiger partial charge is 0.181 e. The molecule has 1 aliphatic carbocycles. The van der Waals surface area contributed by atoms with Crippen LogP contribution in [0.3, 0.4) is 0 Å². The van der Waals surface area contributed by atoms with Crippen molar-refractivity contribution in [2.45, 2.75) is 36.0 Å². The normalized spacial score (nSPS) is 27.0. The number of nitrogens with two attached hydrogens (primary N) is 1. The summed E-state index contributed by atoms with van der Waals surface area (Å²) in [4.78, 5) is 0.419. The van der Waals surface area contributed by atoms with E-state index in [2.05, 4.69) is 0 Å². The van der Waals surface area contributed by atoms with Crippen molar-refractivity contribution in [3.05, 3.63) is 42.5 Å². The summed E-state index contributed by atoms with van der Waals surface area (Å²) in [5.74, 6) is 0.0199. The van der Waals surface area contributed by atoms with Gasteiger partial charge in [-0.25, -0.2) is 8.42 Å². The van der Waals surface area contributed by atoms with Crippen molar-refractivity contribution in [1.82, 2.24) is 0 Å². The van der Waals surface area contributed by atoms with E-state index in [4.69, 9.17) is 5.73 Å². The molecule has 3 unspecified atom stereocenters. The molecule has 1 saturated carbocycles. The molecule has 3 rings (SSSR count). The van der Waals surface area contributed by atoms with Crippen molar-refractivity contribution >= 4 is 20.6 Å². The van der Waals surface area contributed by atoms with Gasteiger partial charge < -0.3 is 5.73 Å². The molecule has 0 aromatic heterocycles. The molecule has 0 bridgehead atoms. The van der Waals surface area contributed by atoms with Gasteiger partial charge in [0.2, 0.25) is 0 Å². The molecule has 0 radical (unpaired) electrons. The molecular weight excluding hydrogens is 270 g/mol. The zero-order valence-electron chi connectivity index (χ0n) is 11.5. The highest BCUT2D eigenvalue weighted by molar-refractivity contribution is 7.92. The summed E-state index contributed by atoms with van der Waals surface area (Å²) in [5, 5.41) is 1.67. The molecule has 0 heterocycles. The molecule has 1 fully saturated rings. The second-order valence-corrected chi connectivity index (χ2v) is 7.86. The SMILES string of the molecule is CC1C(N)CCC1S(=O)(=O)c1ccc2ccccc2c1. The first-order valence-electron chi connectivity index (χ1n) is 6.98. The Kier molecular flexibility index (Phi) is 3.30. The van der Waals surface area contributed by atoms with E-state index in [0.29, 0.717) is 11.3 Å². The standard InChI is InChI=1S/C16H19NO2S/c1-11-15(17)8-9-16(11)20(18,19)14-7-6-12-4-2-3-5-13(12)10-14/h2-7,10-11,15-16H,8-9,17H2,1H3. The first-order valence-corrected chi connectivity index (χ1v) is 8.53. The first-order chi connectivity index (χ1) is 9.50. The van der Waals surface area contributed by atoms with Gasteiger partial charge in [-0.2, -0.15) is 0 Å². The second kappa shape index (κ2) is 4.86. The molecule has 3 atom stereocenters. The fourth-order valence-corrected chi connectivity index (χ4v) is 5.23. The van der Waals surface area contributed by atoms with Crippen LogP contribution in [0.2, 0.25) is 0 Å². The molecule has 20 heavy (non-hydrogen) atoms. The lowest BCUT2D eigenvalue weighted by molar-refractivity contribution is 0.507. The highest BCUT2D eigenvalue weighted by atomic mass is 32.2. The third-order valence-electron chi connectivity index (χ3n) is 4.49. The van der Waals surface area contributed by atoms with Crippen molar-refractivity contribution in [2.24, 2.45) is 11.7 Å². The monoisotopic (exact) mass is 289 g/mol. The Hall–Kier alpha value is -1.39. The lowest BCUT2D eigenvalue weighted by Crippen LogP contribution is -2.32. The minimum Gasteiger partial charge on any atom is -0.327 e. The molecule has 3 nitrogen and oxygen atoms in total. The second-order valence-electron chi connectivity index (χ2n) is 5.69. The maximum atomic E-state index is 12.8. The highest BCUT2D eigenvalue weighted by Gasteiger charge is 2.39. The van der Waals surface area contributed by atoms with Crippen LogP contribution < -0.4 is 5.73 Å². The topological polar surface area (TPSA) is 60.2 Å². The van der Waals surface area contributed by atoms with Gasteiger partial charge in [0.05, 0.1) is 10.1 Å². The Bertz CT molecular complexity index is 739. The van der Waals surface area contributed by atoms with Gasteiger partial charge in [-0.05, 0) is 41.7 Å². The van der Waals surface area contributed by atoms with Gasteiger partial charge in [0.15, 0.2) is 9.84 Å². The number of sulfone groups is 1. The number of rotatable bonds is 2. The number of hydrogen-bond acceptors (Lipinski definition) is 3. The average molecular weight is 289 g/mol. The van der Waals surface area contributed by atoms with Crippen LogP contribution in [0.15, 0.2) is 47.4 Å². The van der Waals surface area contributed by atoms with Gasteiger partial charge in [0, 0.05) is 6.04 Å². The van der Waals surface area contributed by atoms with E-state index in [1.54, 1.807) is 12.1 Å². The van der Waals surface area contributed by atoms with Crippen molar-refractivity contribution in [3.63, 3.8) is 0 Å². The third kappa shape index (κ3) is 2.13. The summed E-state index contributed by atoms with van der Waals surface area (Å²) in [6.07, 6.45) is 1.45. The van der Waals surface area contributed by atoms with Gasteiger partial charge >= 0.3 is 0 Å². The average Bonchev–Trinajstić information content (AvgIpc) is 2.79. The number of hydrogen-bond donors (Lipinski definition) is 1. The van der Waals surface area contributed by atoms with Crippen molar-refractivity contribution in [3.8, 4) is 0 Å². The minimum atomic E-state index is -3.29. The van der Waals surface area contributed by atoms with Gasteiger partial charge in [-0.15, -0.1) is 0 Å². The van der Waals surface area contributed by atoms with E-state index < -0.39 is 9.84 Å². The summed E-state index contributed by atoms with van der Waals surface area (Å²) in [6, 6.07) is 13.2. The summed E-state index contributed by atoms with van der Waals surface area (Å²) in [5.41, 5.74) is 5.97. The minimum absolute atomic E-state index is 0.00442. The maximum Gasteiger partial charge on any atom is 0.181 e. The van der Waals surface area contributed by atoms with Crippen molar-refractivity contribution in [2.75, 3.05) is 0 Å². The molecule has 0 spiro atoms. The van der Waals surface area contributed by atoms with Gasteiger partial charge in [0.25, 0.3) is 0 Å². The van der Waals surface area contributed by atoms with E-state index in [9.17, 15) is 8.42 Å². The molecule has 2 aromatic carbocycles. The maximum absolute atomic E-state index is 12.8. The van der Waals surface area contributed by atoms with E-state index >= 15 is 0 Å². The summed E-state index contributed by atoms with van der Waals surface area (Å²) in [6.45, 7) is 1.95. The summed E-state index contributed by atoms with van der Waals surface area (Å²) < 4.78 is 25.6. The first kappa shape index (κ1) is 13.6. The van der Waals surface area contributed by atoms with E-state index in [1.807, 2.05) is 37.3 Å². The highest BCUT2D eigenvalue weighted by Crippen LogP contribution is 2.34. The zero-order chi connectivity index (χ0) is 14.3. The fraction of sp³-hybridized carbons (Fsp3) is 0.375. The molecule has 106 valence electrons. The number of benzene rings is 2. The van der Waals surface area contributed by atoms with Crippen LogP contribution in [0.25, 0.3) is 10.8 Å². The van der Waals surface area contributed by atoms with Crippen molar-refractivity contribution in [1.29, 1.82) is 0 Å². The molecule has 2 N–H and O–H groups in total. The Morgan fingerprint density at radius 1 is 1.05 bits per heavy atom. The predicted octanol–water partition coefficient (Wildman–Crippen LogP) is 2.74. The molecule has 0 aliphatic heterocycles. The Balaban J connectivity index is 2.05. The van der Waals surface area contributed by atoms with E-state index in [-0.39, 0.29) is 17.2 Å². The van der Waals surface area contributed by atoms with Gasteiger partial charge in [-0.3, -0.25) is 0 Å². The van der Waals surface area contributed by atoms with Crippen molar-refractivity contribution < 1.29 is 8.42 Å². The Morgan fingerprint density at radius 3 is 2.40 bits per heavy atom. The lowest BCUT2D eigenvalue weighted by Gasteiger charge is -2.18. The van der Waals surface area contributed by atoms with Crippen LogP contribution in [0.1, 0.15) is 19.8 Å². The van der Waals surface area contributed by atoms with Crippen LogP contribution in [0.5, 0.6) is 0 Å². The fourth-order valence-electron chi connectivity index (χ4n) is 3.12. The van der Waals surface area contributed by atoms with Crippen LogP contribution in [0, 0.1) is 5.92 Å². The molecule has 0 saturated heterocycles. The quantitative estimate of drug-likeness (QED) is 0.924. The molecule has 0 amide bonds. The molecular formula is C16H19NO2S. The zero-order valence-corrected chi connectivity index (χ0v) is 12.3. The number of fused-ring (bicyclic) bond motifs is 1. The predicted molar refractivity (Wildman–Crippen MR) is 81.3 cm³/mol. The van der Waals surface area contributed by atoms with Crippen LogP contribution >= 0.6 is 0 Å². The third-order valence-corrected chi connectivity index (χ3v) is 6.87. The lowest BCUT2D eigenvalue weighted by atomic mass is 10.1. The Morgan fingerprint density at radius 2 is 1.75 bits per heavy atom. The molecule has 1 aliphatic rings. The van der Waals surface area contributed by atoms with E-state index in [0.717, 1.165) is 17.2 Å². The van der Waals surface area contributed by atoms with Crippen LogP contribution in [-0.2, 0) is 9.84 Å². The summed E-state index contributed by atoms with van der Waals surface area (Å²) >= 11 is 0. The van der Waals surface area contributed by atoms with Crippen LogP contribution in [0.4, 0.5) is 0 Å². The van der Waals surface area contributed by atoms with Gasteiger partial charge in [0.1, 0.15) is 0 Å². The van der Waals surface area contributed by atoms with E-state index in [1.165, 1.54) is 0 Å². The summed E-state index contributed by atoms with van der Waals surface area (Å²) in [7, 11) is -3.29. The van der Waals surface area contributed by atoms with Crippen LogP contribution in [-0.4, -0.2) is 19.7 Å². The largest absolute Gasteiger partial charge is 0.327 e. The Labute approximate surface area is 119 Å². The molecule has 4 heteroatoms. The van der Waals surface area contributed by atoms with Gasteiger partial charge in [-0.1, -0.05) is 37.3 Å². The molecule has 2 aromatic rings.